The molecule has 0 radical (unpaired) electrons. The molecule has 0 amide bonds. The molecule has 1 fully saturated rings. The molecule has 1 heterocycles. The van der Waals surface area contributed by atoms with Gasteiger partial charge in [0.05, 0.1) is 7.11 Å². The lowest BCUT2D eigenvalue weighted by atomic mass is 9.95. The standard InChI is InChI=1S/C8H14FNO2.ClH/c1-12-8(11)7(9)6-3-2-4-10-5-6;/h6-7,10H,2-5H2,1H3;1H. The summed E-state index contributed by atoms with van der Waals surface area (Å²) < 4.78 is 17.5. The summed E-state index contributed by atoms with van der Waals surface area (Å²) in [5.41, 5.74) is 0. The van der Waals surface area contributed by atoms with E-state index < -0.39 is 12.1 Å². The minimum Gasteiger partial charge on any atom is -0.467 e. The van der Waals surface area contributed by atoms with Crippen molar-refractivity contribution in [3.05, 3.63) is 0 Å². The molecule has 1 aliphatic rings. The molecule has 3 nitrogen and oxygen atoms in total. The van der Waals surface area contributed by atoms with Crippen LogP contribution in [0.3, 0.4) is 0 Å². The molecule has 0 spiro atoms. The summed E-state index contributed by atoms with van der Waals surface area (Å²) in [5, 5.41) is 3.05. The van der Waals surface area contributed by atoms with E-state index in [2.05, 4.69) is 10.1 Å². The summed E-state index contributed by atoms with van der Waals surface area (Å²) in [6.45, 7) is 1.50. The van der Waals surface area contributed by atoms with Crippen molar-refractivity contribution in [2.45, 2.75) is 19.0 Å². The van der Waals surface area contributed by atoms with E-state index >= 15 is 0 Å². The first kappa shape index (κ1) is 12.7. The van der Waals surface area contributed by atoms with Crippen LogP contribution in [-0.4, -0.2) is 32.3 Å². The fourth-order valence-electron chi connectivity index (χ4n) is 1.43. The van der Waals surface area contributed by atoms with Gasteiger partial charge in [-0.3, -0.25) is 0 Å². The Morgan fingerprint density at radius 2 is 2.38 bits per heavy atom. The van der Waals surface area contributed by atoms with Crippen molar-refractivity contribution in [3.63, 3.8) is 0 Å². The quantitative estimate of drug-likeness (QED) is 0.691. The Morgan fingerprint density at radius 3 is 2.85 bits per heavy atom. The van der Waals surface area contributed by atoms with E-state index in [-0.39, 0.29) is 18.3 Å². The van der Waals surface area contributed by atoms with Gasteiger partial charge in [-0.1, -0.05) is 0 Å². The maximum atomic E-state index is 13.2. The number of hydrogen-bond acceptors (Lipinski definition) is 3. The normalized spacial score (nSPS) is 24.3. The number of alkyl halides is 1. The lowest BCUT2D eigenvalue weighted by Gasteiger charge is -2.24. The molecular formula is C8H15ClFNO2. The smallest absolute Gasteiger partial charge is 0.340 e. The van der Waals surface area contributed by atoms with E-state index in [0.29, 0.717) is 6.54 Å². The van der Waals surface area contributed by atoms with Crippen LogP contribution < -0.4 is 5.32 Å². The maximum absolute atomic E-state index is 13.2. The molecule has 2 unspecified atom stereocenters. The van der Waals surface area contributed by atoms with Crippen molar-refractivity contribution in [1.82, 2.24) is 5.32 Å². The highest BCUT2D eigenvalue weighted by atomic mass is 35.5. The summed E-state index contributed by atoms with van der Waals surface area (Å²) >= 11 is 0. The number of rotatable bonds is 2. The Balaban J connectivity index is 0.00000144. The number of carbonyl (C=O) groups excluding carboxylic acids is 1. The first-order valence-electron chi connectivity index (χ1n) is 4.18. The first-order chi connectivity index (χ1) is 5.75. The summed E-state index contributed by atoms with van der Waals surface area (Å²) in [6, 6.07) is 0. The van der Waals surface area contributed by atoms with Gasteiger partial charge in [-0.25, -0.2) is 9.18 Å². The topological polar surface area (TPSA) is 38.3 Å². The van der Waals surface area contributed by atoms with Crippen LogP contribution in [0, 0.1) is 5.92 Å². The van der Waals surface area contributed by atoms with Crippen molar-refractivity contribution in [2.24, 2.45) is 5.92 Å². The lowest BCUT2D eigenvalue weighted by Crippen LogP contribution is -2.38. The largest absolute Gasteiger partial charge is 0.467 e. The fourth-order valence-corrected chi connectivity index (χ4v) is 1.43. The number of ether oxygens (including phenoxy) is 1. The summed E-state index contributed by atoms with van der Waals surface area (Å²) in [6.07, 6.45) is 0.244. The van der Waals surface area contributed by atoms with Gasteiger partial charge >= 0.3 is 5.97 Å². The number of methoxy groups -OCH3 is 1. The van der Waals surface area contributed by atoms with Gasteiger partial charge in [-0.15, -0.1) is 12.4 Å². The second kappa shape index (κ2) is 6.16. The predicted octanol–water partition coefficient (Wildman–Crippen LogP) is 0.919. The molecule has 1 N–H and O–H groups in total. The van der Waals surface area contributed by atoms with Crippen LogP contribution in [0.5, 0.6) is 0 Å². The number of esters is 1. The fraction of sp³-hybridized carbons (Fsp3) is 0.875. The van der Waals surface area contributed by atoms with E-state index in [1.54, 1.807) is 0 Å². The van der Waals surface area contributed by atoms with Gasteiger partial charge in [-0.05, 0) is 19.4 Å². The molecule has 0 aromatic carbocycles. The molecule has 0 aliphatic carbocycles. The van der Waals surface area contributed by atoms with Crippen LogP contribution in [0.1, 0.15) is 12.8 Å². The van der Waals surface area contributed by atoms with Gasteiger partial charge in [0.1, 0.15) is 0 Å². The van der Waals surface area contributed by atoms with E-state index in [4.69, 9.17) is 0 Å². The monoisotopic (exact) mass is 211 g/mol. The first-order valence-corrected chi connectivity index (χ1v) is 4.18. The number of halogens is 2. The van der Waals surface area contributed by atoms with Gasteiger partial charge in [0.15, 0.2) is 0 Å². The predicted molar refractivity (Wildman–Crippen MR) is 49.8 cm³/mol. The van der Waals surface area contributed by atoms with Crippen LogP contribution in [0.2, 0.25) is 0 Å². The Labute approximate surface area is 83.4 Å². The van der Waals surface area contributed by atoms with Crippen molar-refractivity contribution in [3.8, 4) is 0 Å². The lowest BCUT2D eigenvalue weighted by molar-refractivity contribution is -0.148. The van der Waals surface area contributed by atoms with E-state index in [1.807, 2.05) is 0 Å². The van der Waals surface area contributed by atoms with Crippen LogP contribution in [0.4, 0.5) is 4.39 Å². The Bertz CT molecular complexity index is 162. The van der Waals surface area contributed by atoms with Crippen molar-refractivity contribution in [1.29, 1.82) is 0 Å². The molecule has 13 heavy (non-hydrogen) atoms. The summed E-state index contributed by atoms with van der Waals surface area (Å²) in [5.74, 6) is -0.949. The molecule has 2 atom stereocenters. The van der Waals surface area contributed by atoms with Gasteiger partial charge < -0.3 is 10.1 Å². The molecule has 5 heteroatoms. The maximum Gasteiger partial charge on any atom is 0.340 e. The van der Waals surface area contributed by atoms with Crippen molar-refractivity contribution >= 4 is 18.4 Å². The third-order valence-corrected chi connectivity index (χ3v) is 2.18. The van der Waals surface area contributed by atoms with Gasteiger partial charge in [-0.2, -0.15) is 0 Å². The van der Waals surface area contributed by atoms with Crippen molar-refractivity contribution in [2.75, 3.05) is 20.2 Å². The number of carbonyl (C=O) groups is 1. The van der Waals surface area contributed by atoms with E-state index in [0.717, 1.165) is 19.4 Å². The van der Waals surface area contributed by atoms with Gasteiger partial charge in [0.2, 0.25) is 6.17 Å². The van der Waals surface area contributed by atoms with Crippen LogP contribution in [-0.2, 0) is 9.53 Å². The van der Waals surface area contributed by atoms with Gasteiger partial charge in [0.25, 0.3) is 0 Å². The van der Waals surface area contributed by atoms with Crippen LogP contribution in [0.25, 0.3) is 0 Å². The van der Waals surface area contributed by atoms with E-state index in [9.17, 15) is 9.18 Å². The molecule has 78 valence electrons. The third kappa shape index (κ3) is 3.48. The molecule has 0 saturated carbocycles. The molecular weight excluding hydrogens is 197 g/mol. The molecule has 1 rings (SSSR count). The zero-order valence-corrected chi connectivity index (χ0v) is 8.40. The highest BCUT2D eigenvalue weighted by Gasteiger charge is 2.29. The Kier molecular flexibility index (Phi) is 5.99. The number of nitrogens with one attached hydrogen (secondary N) is 1. The highest BCUT2D eigenvalue weighted by Crippen LogP contribution is 2.17. The number of hydrogen-bond donors (Lipinski definition) is 1. The highest BCUT2D eigenvalue weighted by molar-refractivity contribution is 5.85. The van der Waals surface area contributed by atoms with Crippen LogP contribution in [0.15, 0.2) is 0 Å². The third-order valence-electron chi connectivity index (χ3n) is 2.18. The Morgan fingerprint density at radius 1 is 1.69 bits per heavy atom. The SMILES string of the molecule is COC(=O)C(F)C1CCCNC1.Cl. The Hall–Kier alpha value is -0.350. The number of piperidine rings is 1. The second-order valence-corrected chi connectivity index (χ2v) is 3.03. The molecule has 0 aromatic rings. The minimum absolute atomic E-state index is 0. The average molecular weight is 212 g/mol. The average Bonchev–Trinajstić information content (AvgIpc) is 2.17. The second-order valence-electron chi connectivity index (χ2n) is 3.03. The summed E-state index contributed by atoms with van der Waals surface area (Å²) in [7, 11) is 1.21. The van der Waals surface area contributed by atoms with Gasteiger partial charge in [0, 0.05) is 12.5 Å². The van der Waals surface area contributed by atoms with E-state index in [1.165, 1.54) is 7.11 Å². The molecule has 0 aromatic heterocycles. The minimum atomic E-state index is -1.46. The zero-order chi connectivity index (χ0) is 8.97. The van der Waals surface area contributed by atoms with Crippen molar-refractivity contribution < 1.29 is 13.9 Å². The zero-order valence-electron chi connectivity index (χ0n) is 7.59. The molecule has 1 saturated heterocycles. The molecule has 0 bridgehead atoms. The summed E-state index contributed by atoms with van der Waals surface area (Å²) in [4.78, 5) is 10.8. The van der Waals surface area contributed by atoms with Crippen LogP contribution >= 0.6 is 12.4 Å². The molecule has 1 aliphatic heterocycles.